The van der Waals surface area contributed by atoms with Crippen LogP contribution in [0.15, 0.2) is 24.3 Å². The molecule has 23 heavy (non-hydrogen) atoms. The van der Waals surface area contributed by atoms with Gasteiger partial charge in [0.15, 0.2) is 5.82 Å². The number of hydrogen-bond donors (Lipinski definition) is 1. The molecular formula is C15H14FN5OS. The molecule has 4 rings (SSSR count). The maximum Gasteiger partial charge on any atom is 0.251 e. The van der Waals surface area contributed by atoms with Gasteiger partial charge in [0.25, 0.3) is 5.91 Å². The zero-order chi connectivity index (χ0) is 15.8. The monoisotopic (exact) mass is 331 g/mol. The molecule has 1 N–H and O–H groups in total. The van der Waals surface area contributed by atoms with Crippen molar-refractivity contribution in [1.29, 1.82) is 0 Å². The first-order chi connectivity index (χ1) is 11.2. The van der Waals surface area contributed by atoms with Gasteiger partial charge in [0, 0.05) is 24.4 Å². The van der Waals surface area contributed by atoms with Gasteiger partial charge in [-0.15, -0.1) is 10.2 Å². The second kappa shape index (κ2) is 5.69. The lowest BCUT2D eigenvalue weighted by molar-refractivity contribution is 0.0954. The Kier molecular flexibility index (Phi) is 3.53. The van der Waals surface area contributed by atoms with E-state index in [4.69, 9.17) is 0 Å². The molecule has 0 unspecified atom stereocenters. The highest BCUT2D eigenvalue weighted by molar-refractivity contribution is 7.16. The first kappa shape index (κ1) is 14.3. The SMILES string of the molecule is O=C(NCCc1nn2c(C3CC3)nnc2s1)c1ccc(F)cc1. The highest BCUT2D eigenvalue weighted by Gasteiger charge is 2.29. The van der Waals surface area contributed by atoms with E-state index >= 15 is 0 Å². The van der Waals surface area contributed by atoms with E-state index in [1.807, 2.05) is 4.52 Å². The Hall–Kier alpha value is -2.35. The molecule has 1 saturated carbocycles. The van der Waals surface area contributed by atoms with Crippen LogP contribution in [0.3, 0.4) is 0 Å². The molecule has 1 aromatic carbocycles. The van der Waals surface area contributed by atoms with Crippen LogP contribution in [0.4, 0.5) is 4.39 Å². The van der Waals surface area contributed by atoms with E-state index in [1.165, 1.54) is 35.6 Å². The first-order valence-corrected chi connectivity index (χ1v) is 8.27. The van der Waals surface area contributed by atoms with E-state index in [0.717, 1.165) is 28.6 Å². The van der Waals surface area contributed by atoms with E-state index in [9.17, 15) is 9.18 Å². The molecule has 0 aliphatic heterocycles. The largest absolute Gasteiger partial charge is 0.352 e. The van der Waals surface area contributed by atoms with E-state index in [-0.39, 0.29) is 11.7 Å². The van der Waals surface area contributed by atoms with Crippen LogP contribution in [-0.4, -0.2) is 32.3 Å². The minimum Gasteiger partial charge on any atom is -0.352 e. The molecular weight excluding hydrogens is 317 g/mol. The number of benzene rings is 1. The van der Waals surface area contributed by atoms with Gasteiger partial charge in [0.05, 0.1) is 0 Å². The molecule has 1 aliphatic rings. The number of hydrogen-bond acceptors (Lipinski definition) is 5. The van der Waals surface area contributed by atoms with Gasteiger partial charge in [-0.2, -0.15) is 9.61 Å². The molecule has 0 bridgehead atoms. The maximum atomic E-state index is 12.8. The number of halogens is 1. The first-order valence-electron chi connectivity index (χ1n) is 7.45. The highest BCUT2D eigenvalue weighted by Crippen LogP contribution is 2.39. The fraction of sp³-hybridized carbons (Fsp3) is 0.333. The van der Waals surface area contributed by atoms with Crippen LogP contribution in [0.1, 0.15) is 39.9 Å². The minimum atomic E-state index is -0.354. The van der Waals surface area contributed by atoms with Gasteiger partial charge in [-0.3, -0.25) is 4.79 Å². The fourth-order valence-electron chi connectivity index (χ4n) is 2.36. The van der Waals surface area contributed by atoms with Gasteiger partial charge in [-0.1, -0.05) is 11.3 Å². The van der Waals surface area contributed by atoms with Crippen LogP contribution >= 0.6 is 11.3 Å². The molecule has 2 heterocycles. The van der Waals surface area contributed by atoms with Crippen molar-refractivity contribution in [2.75, 3.05) is 6.54 Å². The third kappa shape index (κ3) is 2.94. The van der Waals surface area contributed by atoms with Crippen LogP contribution in [0.25, 0.3) is 4.96 Å². The van der Waals surface area contributed by atoms with Crippen LogP contribution < -0.4 is 5.32 Å². The van der Waals surface area contributed by atoms with Crippen molar-refractivity contribution in [3.8, 4) is 0 Å². The van der Waals surface area contributed by atoms with Gasteiger partial charge in [0.1, 0.15) is 10.8 Å². The average molecular weight is 331 g/mol. The molecule has 118 valence electrons. The van der Waals surface area contributed by atoms with Crippen LogP contribution in [0.5, 0.6) is 0 Å². The molecule has 0 saturated heterocycles. The molecule has 3 aromatic rings. The summed E-state index contributed by atoms with van der Waals surface area (Å²) < 4.78 is 14.7. The van der Waals surface area contributed by atoms with E-state index < -0.39 is 0 Å². The number of amides is 1. The fourth-order valence-corrected chi connectivity index (χ4v) is 3.19. The summed E-state index contributed by atoms with van der Waals surface area (Å²) in [6.07, 6.45) is 2.94. The zero-order valence-electron chi connectivity index (χ0n) is 12.2. The van der Waals surface area contributed by atoms with Crippen molar-refractivity contribution in [1.82, 2.24) is 25.1 Å². The lowest BCUT2D eigenvalue weighted by atomic mass is 10.2. The van der Waals surface area contributed by atoms with Crippen molar-refractivity contribution in [3.63, 3.8) is 0 Å². The molecule has 1 amide bonds. The van der Waals surface area contributed by atoms with Gasteiger partial charge < -0.3 is 5.32 Å². The number of carbonyl (C=O) groups excluding carboxylic acids is 1. The van der Waals surface area contributed by atoms with Crippen LogP contribution in [0.2, 0.25) is 0 Å². The molecule has 6 nitrogen and oxygen atoms in total. The van der Waals surface area contributed by atoms with Crippen molar-refractivity contribution in [2.24, 2.45) is 0 Å². The van der Waals surface area contributed by atoms with Gasteiger partial charge >= 0.3 is 0 Å². The second-order valence-electron chi connectivity index (χ2n) is 5.54. The molecule has 0 atom stereocenters. The molecule has 8 heteroatoms. The Morgan fingerprint density at radius 3 is 2.83 bits per heavy atom. The standard InChI is InChI=1S/C15H14FN5OS/c16-11-5-3-10(4-6-11)14(22)17-8-7-12-20-21-13(9-1-2-9)18-19-15(21)23-12/h3-6,9H,1-2,7-8H2,(H,17,22). The topological polar surface area (TPSA) is 72.2 Å². The predicted octanol–water partition coefficient (Wildman–Crippen LogP) is 2.17. The minimum absolute atomic E-state index is 0.216. The number of rotatable bonds is 5. The molecule has 0 radical (unpaired) electrons. The predicted molar refractivity (Wildman–Crippen MR) is 83.1 cm³/mol. The molecule has 1 fully saturated rings. The Morgan fingerprint density at radius 2 is 2.09 bits per heavy atom. The number of fused-ring (bicyclic) bond motifs is 1. The van der Waals surface area contributed by atoms with Crippen molar-refractivity contribution >= 4 is 22.2 Å². The lowest BCUT2D eigenvalue weighted by Gasteiger charge is -2.03. The smallest absolute Gasteiger partial charge is 0.251 e. The lowest BCUT2D eigenvalue weighted by Crippen LogP contribution is -2.25. The van der Waals surface area contributed by atoms with Crippen molar-refractivity contribution in [3.05, 3.63) is 46.5 Å². The molecule has 1 aliphatic carbocycles. The summed E-state index contributed by atoms with van der Waals surface area (Å²) in [6.45, 7) is 0.471. The summed E-state index contributed by atoms with van der Waals surface area (Å²) in [6, 6.07) is 5.49. The summed E-state index contributed by atoms with van der Waals surface area (Å²) in [5.74, 6) is 0.871. The summed E-state index contributed by atoms with van der Waals surface area (Å²) in [4.78, 5) is 12.7. The van der Waals surface area contributed by atoms with Crippen LogP contribution in [0, 0.1) is 5.82 Å². The number of nitrogens with zero attached hydrogens (tertiary/aromatic N) is 4. The van der Waals surface area contributed by atoms with Gasteiger partial charge in [-0.25, -0.2) is 4.39 Å². The molecule has 0 spiro atoms. The molecule has 2 aromatic heterocycles. The Bertz CT molecular complexity index is 853. The maximum absolute atomic E-state index is 12.8. The number of nitrogens with one attached hydrogen (secondary N) is 1. The second-order valence-corrected chi connectivity index (χ2v) is 6.58. The van der Waals surface area contributed by atoms with Gasteiger partial charge in [0.2, 0.25) is 4.96 Å². The third-order valence-corrected chi connectivity index (χ3v) is 4.69. The summed E-state index contributed by atoms with van der Waals surface area (Å²) in [5, 5.41) is 16.6. The summed E-state index contributed by atoms with van der Waals surface area (Å²) >= 11 is 1.49. The third-order valence-electron chi connectivity index (χ3n) is 3.73. The number of aromatic nitrogens is 4. The Labute approximate surface area is 135 Å². The van der Waals surface area contributed by atoms with Crippen LogP contribution in [-0.2, 0) is 6.42 Å². The van der Waals surface area contributed by atoms with Gasteiger partial charge in [-0.05, 0) is 37.1 Å². The highest BCUT2D eigenvalue weighted by atomic mass is 32.1. The average Bonchev–Trinajstić information content (AvgIpc) is 3.18. The van der Waals surface area contributed by atoms with E-state index in [1.54, 1.807) is 0 Å². The summed E-state index contributed by atoms with van der Waals surface area (Å²) in [5.41, 5.74) is 0.445. The van der Waals surface area contributed by atoms with E-state index in [2.05, 4.69) is 20.6 Å². The Morgan fingerprint density at radius 1 is 1.30 bits per heavy atom. The zero-order valence-corrected chi connectivity index (χ0v) is 13.0. The van der Waals surface area contributed by atoms with Crippen molar-refractivity contribution < 1.29 is 9.18 Å². The Balaban J connectivity index is 1.37. The summed E-state index contributed by atoms with van der Waals surface area (Å²) in [7, 11) is 0. The normalized spacial score (nSPS) is 14.3. The van der Waals surface area contributed by atoms with E-state index in [0.29, 0.717) is 24.4 Å². The quantitative estimate of drug-likeness (QED) is 0.778. The number of carbonyl (C=O) groups is 1. The van der Waals surface area contributed by atoms with Crippen molar-refractivity contribution in [2.45, 2.75) is 25.2 Å².